The second-order valence-electron chi connectivity index (χ2n) is 6.83. The summed E-state index contributed by atoms with van der Waals surface area (Å²) in [6.45, 7) is 0. The summed E-state index contributed by atoms with van der Waals surface area (Å²) < 4.78 is 5.60. The number of anilines is 2. The van der Waals surface area contributed by atoms with Crippen molar-refractivity contribution in [3.8, 4) is 11.1 Å². The molecule has 0 spiro atoms. The van der Waals surface area contributed by atoms with Gasteiger partial charge in [0.1, 0.15) is 5.52 Å². The average Bonchev–Trinajstić information content (AvgIpc) is 3.28. The van der Waals surface area contributed by atoms with E-state index in [-0.39, 0.29) is 5.56 Å². The van der Waals surface area contributed by atoms with E-state index in [2.05, 4.69) is 15.3 Å². The molecule has 2 aromatic heterocycles. The molecule has 0 saturated heterocycles. The van der Waals surface area contributed by atoms with E-state index in [9.17, 15) is 9.90 Å². The average molecular weight is 428 g/mol. The SMILES string of the molecule is NSc1cnc2ccc(-c3cccc4ncoc34)cc2c1Nc1ccccc1C(=O)O. The predicted molar refractivity (Wildman–Crippen MR) is 121 cm³/mol. The molecule has 3 aromatic carbocycles. The summed E-state index contributed by atoms with van der Waals surface area (Å²) >= 11 is 1.05. The molecule has 31 heavy (non-hydrogen) atoms. The Labute approximate surface area is 181 Å². The molecule has 8 heteroatoms. The van der Waals surface area contributed by atoms with E-state index in [4.69, 9.17) is 9.56 Å². The van der Waals surface area contributed by atoms with Gasteiger partial charge in [0.15, 0.2) is 12.0 Å². The van der Waals surface area contributed by atoms with Crippen molar-refractivity contribution in [3.63, 3.8) is 0 Å². The topological polar surface area (TPSA) is 114 Å². The van der Waals surface area contributed by atoms with E-state index in [1.807, 2.05) is 36.4 Å². The third-order valence-electron chi connectivity index (χ3n) is 5.04. The molecule has 0 bridgehead atoms. The fraction of sp³-hybridized carbons (Fsp3) is 0. The van der Waals surface area contributed by atoms with Gasteiger partial charge in [-0.3, -0.25) is 10.1 Å². The summed E-state index contributed by atoms with van der Waals surface area (Å²) in [5.41, 5.74) is 5.38. The Bertz CT molecular complexity index is 1450. The lowest BCUT2D eigenvalue weighted by Crippen LogP contribution is -2.04. The molecule has 5 rings (SSSR count). The van der Waals surface area contributed by atoms with E-state index >= 15 is 0 Å². The van der Waals surface area contributed by atoms with Gasteiger partial charge in [0.2, 0.25) is 0 Å². The lowest BCUT2D eigenvalue weighted by molar-refractivity contribution is 0.0698. The number of hydrogen-bond donors (Lipinski definition) is 3. The second-order valence-corrected chi connectivity index (χ2v) is 7.50. The first-order chi connectivity index (χ1) is 15.2. The number of benzene rings is 3. The minimum atomic E-state index is -1.01. The molecule has 152 valence electrons. The molecule has 4 N–H and O–H groups in total. The van der Waals surface area contributed by atoms with E-state index < -0.39 is 5.97 Å². The zero-order valence-corrected chi connectivity index (χ0v) is 16.9. The summed E-state index contributed by atoms with van der Waals surface area (Å²) in [6, 6.07) is 18.4. The summed E-state index contributed by atoms with van der Waals surface area (Å²) in [4.78, 5) is 21.1. The minimum Gasteiger partial charge on any atom is -0.478 e. The molecule has 0 amide bonds. The summed E-state index contributed by atoms with van der Waals surface area (Å²) in [5.74, 6) is -1.01. The van der Waals surface area contributed by atoms with E-state index in [1.54, 1.807) is 30.5 Å². The van der Waals surface area contributed by atoms with Crippen LogP contribution in [0.15, 0.2) is 82.6 Å². The number of rotatable bonds is 5. The van der Waals surface area contributed by atoms with Crippen LogP contribution in [0, 0.1) is 0 Å². The van der Waals surface area contributed by atoms with Crippen LogP contribution in [0.4, 0.5) is 11.4 Å². The number of oxazole rings is 1. The van der Waals surface area contributed by atoms with Gasteiger partial charge in [0, 0.05) is 17.1 Å². The second kappa shape index (κ2) is 7.75. The van der Waals surface area contributed by atoms with E-state index in [0.29, 0.717) is 21.9 Å². The van der Waals surface area contributed by atoms with Crippen molar-refractivity contribution >= 4 is 51.3 Å². The van der Waals surface area contributed by atoms with Gasteiger partial charge in [0.05, 0.1) is 27.4 Å². The lowest BCUT2D eigenvalue weighted by atomic mass is 10.0. The Morgan fingerprint density at radius 3 is 2.74 bits per heavy atom. The van der Waals surface area contributed by atoms with Gasteiger partial charge in [0.25, 0.3) is 0 Å². The number of carboxylic acids is 1. The number of aromatic nitrogens is 2. The van der Waals surface area contributed by atoms with Crippen LogP contribution in [-0.2, 0) is 0 Å². The highest BCUT2D eigenvalue weighted by Crippen LogP contribution is 2.37. The van der Waals surface area contributed by atoms with Gasteiger partial charge in [-0.2, -0.15) is 0 Å². The monoisotopic (exact) mass is 428 g/mol. The number of nitrogens with two attached hydrogens (primary N) is 1. The number of nitrogens with one attached hydrogen (secondary N) is 1. The van der Waals surface area contributed by atoms with Gasteiger partial charge >= 0.3 is 5.97 Å². The third-order valence-corrected chi connectivity index (χ3v) is 5.61. The Balaban J connectivity index is 1.71. The molecule has 0 aliphatic rings. The molecule has 0 unspecified atom stereocenters. The highest BCUT2D eigenvalue weighted by atomic mass is 32.2. The molecule has 0 atom stereocenters. The summed E-state index contributed by atoms with van der Waals surface area (Å²) in [6.07, 6.45) is 3.10. The number of nitrogens with zero attached hydrogens (tertiary/aromatic N) is 2. The zero-order chi connectivity index (χ0) is 21.4. The maximum absolute atomic E-state index is 11.7. The standard InChI is InChI=1S/C23H16N4O3S/c24-31-20-11-25-17-9-8-13(14-5-3-7-19-22(14)30-12-26-19)10-16(17)21(20)27-18-6-2-1-4-15(18)23(28)29/h1-12H,24H2,(H,25,27)(H,28,29). The molecule has 7 nitrogen and oxygen atoms in total. The Morgan fingerprint density at radius 1 is 1.03 bits per heavy atom. The Hall–Kier alpha value is -3.88. The molecule has 0 aliphatic heterocycles. The van der Waals surface area contributed by atoms with Crippen LogP contribution in [-0.4, -0.2) is 21.0 Å². The molecular weight excluding hydrogens is 412 g/mol. The van der Waals surface area contributed by atoms with Crippen molar-refractivity contribution in [2.45, 2.75) is 4.90 Å². The molecular formula is C23H16N4O3S. The van der Waals surface area contributed by atoms with Gasteiger partial charge in [-0.15, -0.1) is 0 Å². The van der Waals surface area contributed by atoms with Gasteiger partial charge in [-0.05, 0) is 47.8 Å². The first-order valence-corrected chi connectivity index (χ1v) is 10.2. The number of fused-ring (bicyclic) bond motifs is 2. The molecule has 0 aliphatic carbocycles. The maximum Gasteiger partial charge on any atom is 0.337 e. The third kappa shape index (κ3) is 3.37. The van der Waals surface area contributed by atoms with Gasteiger partial charge < -0.3 is 14.8 Å². The van der Waals surface area contributed by atoms with Gasteiger partial charge in [-0.25, -0.2) is 9.78 Å². The largest absolute Gasteiger partial charge is 0.478 e. The molecule has 2 heterocycles. The predicted octanol–water partition coefficient (Wildman–Crippen LogP) is 5.45. The Kier molecular flexibility index (Phi) is 4.78. The first kappa shape index (κ1) is 19.1. The van der Waals surface area contributed by atoms with Crippen molar-refractivity contribution in [1.29, 1.82) is 0 Å². The van der Waals surface area contributed by atoms with Gasteiger partial charge in [-0.1, -0.05) is 30.3 Å². The van der Waals surface area contributed by atoms with Crippen LogP contribution in [0.1, 0.15) is 10.4 Å². The summed E-state index contributed by atoms with van der Waals surface area (Å²) in [7, 11) is 0. The fourth-order valence-electron chi connectivity index (χ4n) is 3.59. The van der Waals surface area contributed by atoms with Crippen LogP contribution in [0.5, 0.6) is 0 Å². The van der Waals surface area contributed by atoms with Crippen LogP contribution in [0.2, 0.25) is 0 Å². The van der Waals surface area contributed by atoms with Crippen molar-refractivity contribution in [1.82, 2.24) is 9.97 Å². The van der Waals surface area contributed by atoms with Crippen molar-refractivity contribution in [3.05, 3.63) is 78.8 Å². The van der Waals surface area contributed by atoms with Crippen LogP contribution in [0.25, 0.3) is 33.1 Å². The number of carboxylic acid groups (broad SMARTS) is 1. The zero-order valence-electron chi connectivity index (χ0n) is 16.1. The van der Waals surface area contributed by atoms with Crippen LogP contribution < -0.4 is 10.5 Å². The van der Waals surface area contributed by atoms with Crippen molar-refractivity contribution in [2.75, 3.05) is 5.32 Å². The smallest absolute Gasteiger partial charge is 0.337 e. The summed E-state index contributed by atoms with van der Waals surface area (Å²) in [5, 5.41) is 19.5. The number of para-hydroxylation sites is 2. The number of aromatic carboxylic acids is 1. The number of hydrogen-bond acceptors (Lipinski definition) is 7. The number of carbonyl (C=O) groups is 1. The maximum atomic E-state index is 11.7. The molecule has 0 saturated carbocycles. The fourth-order valence-corrected chi connectivity index (χ4v) is 3.98. The molecule has 5 aromatic rings. The van der Waals surface area contributed by atoms with Crippen molar-refractivity contribution in [2.24, 2.45) is 5.14 Å². The normalized spacial score (nSPS) is 11.1. The Morgan fingerprint density at radius 2 is 1.90 bits per heavy atom. The lowest BCUT2D eigenvalue weighted by Gasteiger charge is -2.15. The molecule has 0 radical (unpaired) electrons. The molecule has 0 fully saturated rings. The number of pyridine rings is 1. The van der Waals surface area contributed by atoms with E-state index in [0.717, 1.165) is 39.5 Å². The van der Waals surface area contributed by atoms with E-state index in [1.165, 1.54) is 6.39 Å². The highest BCUT2D eigenvalue weighted by molar-refractivity contribution is 7.97. The quantitative estimate of drug-likeness (QED) is 0.317. The van der Waals surface area contributed by atoms with Crippen LogP contribution >= 0.6 is 11.9 Å². The van der Waals surface area contributed by atoms with Crippen LogP contribution in [0.3, 0.4) is 0 Å². The minimum absolute atomic E-state index is 0.169. The van der Waals surface area contributed by atoms with Crippen molar-refractivity contribution < 1.29 is 14.3 Å². The first-order valence-electron chi connectivity index (χ1n) is 9.37. The highest BCUT2D eigenvalue weighted by Gasteiger charge is 2.16.